The van der Waals surface area contributed by atoms with Gasteiger partial charge in [-0.2, -0.15) is 10.1 Å². The highest BCUT2D eigenvalue weighted by Gasteiger charge is 2.31. The summed E-state index contributed by atoms with van der Waals surface area (Å²) in [5.74, 6) is 0.737. The fourth-order valence-corrected chi connectivity index (χ4v) is 3.34. The summed E-state index contributed by atoms with van der Waals surface area (Å²) in [5.41, 5.74) is 1.67. The molecule has 2 atom stereocenters. The lowest BCUT2D eigenvalue weighted by Crippen LogP contribution is -2.38. The number of amides is 1. The van der Waals surface area contributed by atoms with Crippen molar-refractivity contribution in [1.82, 2.24) is 20.1 Å². The molecule has 0 bridgehead atoms. The minimum Gasteiger partial charge on any atom is -0.378 e. The monoisotopic (exact) mass is 319 g/mol. The zero-order valence-corrected chi connectivity index (χ0v) is 14.1. The average Bonchev–Trinajstić information content (AvgIpc) is 3.04. The first-order valence-electron chi connectivity index (χ1n) is 8.33. The van der Waals surface area contributed by atoms with Crippen molar-refractivity contribution >= 4 is 11.9 Å². The number of nitrogens with zero attached hydrogens (tertiary/aromatic N) is 4. The molecule has 1 saturated heterocycles. The van der Waals surface area contributed by atoms with Gasteiger partial charge >= 0.3 is 0 Å². The number of fused-ring (bicyclic) bond motifs is 1. The quantitative estimate of drug-likeness (QED) is 0.913. The van der Waals surface area contributed by atoms with Gasteiger partial charge in [0.15, 0.2) is 0 Å². The number of rotatable bonds is 4. The first kappa shape index (κ1) is 16.0. The van der Waals surface area contributed by atoms with Crippen LogP contribution in [0.15, 0.2) is 17.6 Å². The van der Waals surface area contributed by atoms with E-state index in [1.807, 2.05) is 25.8 Å². The number of carbonyl (C=O) groups is 1. The molecule has 2 aliphatic rings. The highest BCUT2D eigenvalue weighted by Crippen LogP contribution is 2.32. The first-order valence-corrected chi connectivity index (χ1v) is 8.33. The SMILES string of the molecule is CC1=C(C(=O)NCC[C@H]2CCCCO2)[C@H](C)n2ncnc2N1C. The van der Waals surface area contributed by atoms with Crippen molar-refractivity contribution in [2.24, 2.45) is 0 Å². The number of hydrogen-bond acceptors (Lipinski definition) is 5. The predicted octanol–water partition coefficient (Wildman–Crippen LogP) is 1.64. The van der Waals surface area contributed by atoms with Crippen molar-refractivity contribution in [3.8, 4) is 0 Å². The maximum Gasteiger partial charge on any atom is 0.251 e. The smallest absolute Gasteiger partial charge is 0.251 e. The van der Waals surface area contributed by atoms with E-state index in [-0.39, 0.29) is 18.1 Å². The predicted molar refractivity (Wildman–Crippen MR) is 87.1 cm³/mol. The van der Waals surface area contributed by atoms with Crippen LogP contribution < -0.4 is 10.2 Å². The molecule has 1 fully saturated rings. The number of aromatic nitrogens is 3. The fraction of sp³-hybridized carbons (Fsp3) is 0.688. The van der Waals surface area contributed by atoms with Gasteiger partial charge in [0.2, 0.25) is 5.95 Å². The number of allylic oxidation sites excluding steroid dienone is 1. The van der Waals surface area contributed by atoms with Crippen LogP contribution in [0.1, 0.15) is 45.6 Å². The van der Waals surface area contributed by atoms with E-state index in [1.165, 1.54) is 12.7 Å². The Morgan fingerprint density at radius 1 is 1.48 bits per heavy atom. The third-order valence-electron chi connectivity index (χ3n) is 4.80. The lowest BCUT2D eigenvalue weighted by Gasteiger charge is -2.31. The third-order valence-corrected chi connectivity index (χ3v) is 4.80. The molecule has 7 nitrogen and oxygen atoms in total. The summed E-state index contributed by atoms with van der Waals surface area (Å²) in [6.07, 6.45) is 6.15. The van der Waals surface area contributed by atoms with Crippen molar-refractivity contribution in [1.29, 1.82) is 0 Å². The van der Waals surface area contributed by atoms with Gasteiger partial charge in [0.25, 0.3) is 5.91 Å². The Hall–Kier alpha value is -1.89. The minimum atomic E-state index is -0.116. The normalized spacial score (nSPS) is 24.6. The van der Waals surface area contributed by atoms with Crippen molar-refractivity contribution in [2.75, 3.05) is 25.1 Å². The number of anilines is 1. The number of carbonyl (C=O) groups excluding carboxylic acids is 1. The van der Waals surface area contributed by atoms with Crippen LogP contribution in [0.25, 0.3) is 0 Å². The molecule has 0 spiro atoms. The third kappa shape index (κ3) is 3.10. The molecular formula is C16H25N5O2. The van der Waals surface area contributed by atoms with Gasteiger partial charge in [0.1, 0.15) is 6.33 Å². The topological polar surface area (TPSA) is 72.3 Å². The molecule has 0 aliphatic carbocycles. The highest BCUT2D eigenvalue weighted by molar-refractivity contribution is 5.96. The Morgan fingerprint density at radius 2 is 2.30 bits per heavy atom. The van der Waals surface area contributed by atoms with Gasteiger partial charge in [-0.05, 0) is 39.5 Å². The van der Waals surface area contributed by atoms with Crippen LogP contribution in [0.4, 0.5) is 5.95 Å². The summed E-state index contributed by atoms with van der Waals surface area (Å²) in [5, 5.41) is 7.28. The largest absolute Gasteiger partial charge is 0.378 e. The molecule has 1 amide bonds. The van der Waals surface area contributed by atoms with E-state index in [2.05, 4.69) is 15.4 Å². The Kier molecular flexibility index (Phi) is 4.66. The molecule has 0 unspecified atom stereocenters. The van der Waals surface area contributed by atoms with E-state index >= 15 is 0 Å². The van der Waals surface area contributed by atoms with Gasteiger partial charge in [0.05, 0.1) is 17.7 Å². The molecule has 1 aromatic heterocycles. The zero-order chi connectivity index (χ0) is 16.4. The number of hydrogen-bond donors (Lipinski definition) is 1. The summed E-state index contributed by atoms with van der Waals surface area (Å²) >= 11 is 0. The van der Waals surface area contributed by atoms with Gasteiger partial charge in [-0.1, -0.05) is 0 Å². The molecule has 0 radical (unpaired) electrons. The van der Waals surface area contributed by atoms with Crippen LogP contribution in [0.2, 0.25) is 0 Å². The Bertz CT molecular complexity index is 603. The van der Waals surface area contributed by atoms with Crippen LogP contribution in [0.3, 0.4) is 0 Å². The number of ether oxygens (including phenoxy) is 1. The molecule has 126 valence electrons. The lowest BCUT2D eigenvalue weighted by molar-refractivity contribution is -0.118. The molecule has 0 saturated carbocycles. The molecule has 0 aromatic carbocycles. The Morgan fingerprint density at radius 3 is 3.04 bits per heavy atom. The first-order chi connectivity index (χ1) is 11.1. The van der Waals surface area contributed by atoms with Crippen LogP contribution in [-0.4, -0.2) is 47.0 Å². The standard InChI is InChI=1S/C16H25N5O2/c1-11-14(12(2)21-16(20(11)3)18-10-19-21)15(22)17-8-7-13-6-4-5-9-23-13/h10,12-13H,4-9H2,1-3H3,(H,17,22)/t12-,13+/m0/s1. The maximum atomic E-state index is 12.6. The van der Waals surface area contributed by atoms with Crippen LogP contribution in [0, 0.1) is 0 Å². The van der Waals surface area contributed by atoms with Crippen molar-refractivity contribution in [2.45, 2.75) is 51.7 Å². The molecule has 2 aliphatic heterocycles. The molecule has 1 aromatic rings. The summed E-state index contributed by atoms with van der Waals surface area (Å²) in [6.45, 7) is 5.42. The second kappa shape index (κ2) is 6.70. The second-order valence-electron chi connectivity index (χ2n) is 6.27. The van der Waals surface area contributed by atoms with Crippen molar-refractivity contribution < 1.29 is 9.53 Å². The minimum absolute atomic E-state index is 0.0289. The van der Waals surface area contributed by atoms with E-state index < -0.39 is 0 Å². The maximum absolute atomic E-state index is 12.6. The van der Waals surface area contributed by atoms with Gasteiger partial charge in [-0.25, -0.2) is 4.68 Å². The molecular weight excluding hydrogens is 294 g/mol. The van der Waals surface area contributed by atoms with E-state index in [9.17, 15) is 4.79 Å². The molecule has 3 heterocycles. The van der Waals surface area contributed by atoms with Gasteiger partial charge in [0, 0.05) is 25.9 Å². The Labute approximate surface area is 136 Å². The fourth-order valence-electron chi connectivity index (χ4n) is 3.34. The van der Waals surface area contributed by atoms with Gasteiger partial charge in [-0.3, -0.25) is 4.79 Å². The van der Waals surface area contributed by atoms with Crippen LogP contribution in [-0.2, 0) is 9.53 Å². The van der Waals surface area contributed by atoms with E-state index in [0.717, 1.165) is 43.1 Å². The molecule has 1 N–H and O–H groups in total. The summed E-state index contributed by atoms with van der Waals surface area (Å²) in [7, 11) is 1.91. The van der Waals surface area contributed by atoms with Gasteiger partial charge in [-0.15, -0.1) is 0 Å². The van der Waals surface area contributed by atoms with E-state index in [1.54, 1.807) is 4.68 Å². The van der Waals surface area contributed by atoms with Gasteiger partial charge < -0.3 is 15.0 Å². The van der Waals surface area contributed by atoms with E-state index in [4.69, 9.17) is 4.74 Å². The lowest BCUT2D eigenvalue weighted by atomic mass is 10.0. The van der Waals surface area contributed by atoms with E-state index in [0.29, 0.717) is 6.54 Å². The van der Waals surface area contributed by atoms with Crippen molar-refractivity contribution in [3.05, 3.63) is 17.6 Å². The van der Waals surface area contributed by atoms with Crippen LogP contribution >= 0.6 is 0 Å². The zero-order valence-electron chi connectivity index (χ0n) is 14.1. The molecule has 7 heteroatoms. The molecule has 3 rings (SSSR count). The van der Waals surface area contributed by atoms with Crippen molar-refractivity contribution in [3.63, 3.8) is 0 Å². The average molecular weight is 319 g/mol. The summed E-state index contributed by atoms with van der Waals surface area (Å²) in [6, 6.07) is -0.116. The molecule has 23 heavy (non-hydrogen) atoms. The summed E-state index contributed by atoms with van der Waals surface area (Å²) in [4.78, 5) is 18.8. The number of nitrogens with one attached hydrogen (secondary N) is 1. The Balaban J connectivity index is 1.63. The summed E-state index contributed by atoms with van der Waals surface area (Å²) < 4.78 is 7.49. The highest BCUT2D eigenvalue weighted by atomic mass is 16.5. The van der Waals surface area contributed by atoms with Crippen LogP contribution in [0.5, 0.6) is 0 Å². The second-order valence-corrected chi connectivity index (χ2v) is 6.27.